The van der Waals surface area contributed by atoms with E-state index in [4.69, 9.17) is 9.47 Å². The maximum absolute atomic E-state index is 12.0. The van der Waals surface area contributed by atoms with E-state index >= 15 is 0 Å². The molecule has 1 atom stereocenters. The molecule has 1 aromatic carbocycles. The molecule has 1 heterocycles. The second kappa shape index (κ2) is 7.31. The van der Waals surface area contributed by atoms with Crippen molar-refractivity contribution in [1.29, 1.82) is 0 Å². The molecule has 116 valence electrons. The molecule has 1 saturated heterocycles. The number of carbonyl (C=O) groups is 1. The Bertz CT molecular complexity index is 490. The lowest BCUT2D eigenvalue weighted by Crippen LogP contribution is -2.29. The van der Waals surface area contributed by atoms with Gasteiger partial charge in [0.2, 0.25) is 0 Å². The summed E-state index contributed by atoms with van der Waals surface area (Å²) in [4.78, 5) is 13.7. The molecule has 0 aromatic heterocycles. The van der Waals surface area contributed by atoms with E-state index in [-0.39, 0.29) is 12.0 Å². The van der Waals surface area contributed by atoms with E-state index in [2.05, 4.69) is 12.2 Å². The van der Waals surface area contributed by atoms with Gasteiger partial charge in [-0.05, 0) is 19.0 Å². The number of methoxy groups -OCH3 is 1. The minimum absolute atomic E-state index is 0.0466. The Hall–Kier alpha value is -1.75. The number of nitrogens with one attached hydrogen (secondary N) is 1. The average molecular weight is 292 g/mol. The highest BCUT2D eigenvalue weighted by molar-refractivity contribution is 5.83. The van der Waals surface area contributed by atoms with Crippen LogP contribution in [0.2, 0.25) is 0 Å². The van der Waals surface area contributed by atoms with Crippen LogP contribution < -0.4 is 14.8 Å². The lowest BCUT2D eigenvalue weighted by Gasteiger charge is -2.17. The molecule has 5 heteroatoms. The lowest BCUT2D eigenvalue weighted by molar-refractivity contribution is -0.132. The topological polar surface area (TPSA) is 50.8 Å². The van der Waals surface area contributed by atoms with E-state index in [9.17, 15) is 4.79 Å². The van der Waals surface area contributed by atoms with E-state index in [1.807, 2.05) is 18.2 Å². The molecule has 2 rings (SSSR count). The highest BCUT2D eigenvalue weighted by atomic mass is 16.5. The number of rotatable bonds is 7. The first-order valence-electron chi connectivity index (χ1n) is 7.45. The van der Waals surface area contributed by atoms with Gasteiger partial charge in [0.1, 0.15) is 11.5 Å². The van der Waals surface area contributed by atoms with Crippen LogP contribution >= 0.6 is 0 Å². The predicted molar refractivity (Wildman–Crippen MR) is 81.7 cm³/mol. The molecule has 1 amide bonds. The third kappa shape index (κ3) is 3.88. The molecule has 1 aliphatic rings. The molecule has 1 aliphatic heterocycles. The summed E-state index contributed by atoms with van der Waals surface area (Å²) in [6.45, 7) is 4.56. The summed E-state index contributed by atoms with van der Waals surface area (Å²) < 4.78 is 11.2. The highest BCUT2D eigenvalue weighted by Gasteiger charge is 2.31. The van der Waals surface area contributed by atoms with Gasteiger partial charge < -0.3 is 19.7 Å². The third-order valence-corrected chi connectivity index (χ3v) is 3.66. The number of likely N-dealkylation sites (N-methyl/N-ethyl adjacent to an activating group) is 1. The van der Waals surface area contributed by atoms with E-state index in [1.54, 1.807) is 19.1 Å². The van der Waals surface area contributed by atoms with Crippen LogP contribution in [0, 0.1) is 0 Å². The lowest BCUT2D eigenvalue weighted by atomic mass is 10.1. The van der Waals surface area contributed by atoms with Gasteiger partial charge in [0.15, 0.2) is 6.10 Å². The molecule has 0 aliphatic carbocycles. The predicted octanol–water partition coefficient (Wildman–Crippen LogP) is 1.80. The fourth-order valence-corrected chi connectivity index (χ4v) is 2.37. The van der Waals surface area contributed by atoms with Crippen molar-refractivity contribution in [3.63, 3.8) is 0 Å². The van der Waals surface area contributed by atoms with Crippen molar-refractivity contribution in [2.24, 2.45) is 0 Å². The van der Waals surface area contributed by atoms with Crippen molar-refractivity contribution >= 4 is 5.91 Å². The van der Waals surface area contributed by atoms with E-state index < -0.39 is 0 Å². The van der Waals surface area contributed by atoms with Gasteiger partial charge in [-0.25, -0.2) is 0 Å². The number of benzene rings is 1. The van der Waals surface area contributed by atoms with Gasteiger partial charge in [0.25, 0.3) is 5.91 Å². The first kappa shape index (κ1) is 15.6. The number of nitrogens with zero attached hydrogens (tertiary/aromatic N) is 1. The van der Waals surface area contributed by atoms with Crippen LogP contribution in [0.25, 0.3) is 0 Å². The highest BCUT2D eigenvalue weighted by Crippen LogP contribution is 2.27. The Morgan fingerprint density at radius 3 is 2.86 bits per heavy atom. The third-order valence-electron chi connectivity index (χ3n) is 3.66. The molecule has 1 N–H and O–H groups in total. The fraction of sp³-hybridized carbons (Fsp3) is 0.562. The van der Waals surface area contributed by atoms with Gasteiger partial charge in [-0.15, -0.1) is 0 Å². The van der Waals surface area contributed by atoms with Gasteiger partial charge in [-0.2, -0.15) is 0 Å². The monoisotopic (exact) mass is 292 g/mol. The molecule has 0 radical (unpaired) electrons. The zero-order chi connectivity index (χ0) is 15.2. The van der Waals surface area contributed by atoms with E-state index in [0.717, 1.165) is 49.5 Å². The summed E-state index contributed by atoms with van der Waals surface area (Å²) in [5.74, 6) is 1.51. The van der Waals surface area contributed by atoms with E-state index in [1.165, 1.54) is 0 Å². The molecular formula is C16H24N2O3. The van der Waals surface area contributed by atoms with Crippen molar-refractivity contribution in [1.82, 2.24) is 10.2 Å². The summed E-state index contributed by atoms with van der Waals surface area (Å²) in [6.07, 6.45) is 1.43. The normalized spacial score (nSPS) is 18.1. The number of ether oxygens (including phenoxy) is 2. The number of likely N-dealkylation sites (tertiary alicyclic amines) is 1. The molecule has 0 bridgehead atoms. The molecular weight excluding hydrogens is 268 g/mol. The zero-order valence-electron chi connectivity index (χ0n) is 13.0. The Balaban J connectivity index is 2.12. The standard InChI is InChI=1S/C16H24N2O3/c1-4-8-17-11-12-5-6-13(20-3)10-15(12)21-14-7-9-18(2)16(14)19/h5-6,10,14,17H,4,7-9,11H2,1-3H3. The van der Waals surface area contributed by atoms with Crippen molar-refractivity contribution < 1.29 is 14.3 Å². The summed E-state index contributed by atoms with van der Waals surface area (Å²) >= 11 is 0. The number of hydrogen-bond acceptors (Lipinski definition) is 4. The number of amides is 1. The molecule has 1 aromatic rings. The van der Waals surface area contributed by atoms with Crippen LogP contribution in [-0.4, -0.2) is 44.2 Å². The van der Waals surface area contributed by atoms with Gasteiger partial charge >= 0.3 is 0 Å². The molecule has 1 fully saturated rings. The second-order valence-electron chi connectivity index (χ2n) is 5.31. The van der Waals surface area contributed by atoms with Crippen LogP contribution in [0.4, 0.5) is 0 Å². The maximum atomic E-state index is 12.0. The summed E-state index contributed by atoms with van der Waals surface area (Å²) in [7, 11) is 3.43. The van der Waals surface area contributed by atoms with Gasteiger partial charge in [0, 0.05) is 38.2 Å². The first-order chi connectivity index (χ1) is 10.2. The van der Waals surface area contributed by atoms with Crippen molar-refractivity contribution in [3.05, 3.63) is 23.8 Å². The van der Waals surface area contributed by atoms with Crippen molar-refractivity contribution in [2.75, 3.05) is 27.2 Å². The molecule has 0 spiro atoms. The van der Waals surface area contributed by atoms with Crippen LogP contribution in [0.5, 0.6) is 11.5 Å². The van der Waals surface area contributed by atoms with Gasteiger partial charge in [-0.3, -0.25) is 4.79 Å². The summed E-state index contributed by atoms with van der Waals surface area (Å²) in [5.41, 5.74) is 1.05. The van der Waals surface area contributed by atoms with Crippen molar-refractivity contribution in [2.45, 2.75) is 32.4 Å². The molecule has 0 saturated carbocycles. The SMILES string of the molecule is CCCNCc1ccc(OC)cc1OC1CCN(C)C1=O. The molecule has 21 heavy (non-hydrogen) atoms. The smallest absolute Gasteiger partial charge is 0.263 e. The van der Waals surface area contributed by atoms with Crippen LogP contribution in [0.3, 0.4) is 0 Å². The number of hydrogen-bond donors (Lipinski definition) is 1. The minimum atomic E-state index is -0.382. The van der Waals surface area contributed by atoms with Crippen LogP contribution in [0.1, 0.15) is 25.3 Å². The molecule has 1 unspecified atom stereocenters. The van der Waals surface area contributed by atoms with E-state index in [0.29, 0.717) is 0 Å². The van der Waals surface area contributed by atoms with Gasteiger partial charge in [-0.1, -0.05) is 13.0 Å². The molecule has 5 nitrogen and oxygen atoms in total. The van der Waals surface area contributed by atoms with Gasteiger partial charge in [0.05, 0.1) is 7.11 Å². The quantitative estimate of drug-likeness (QED) is 0.779. The second-order valence-corrected chi connectivity index (χ2v) is 5.31. The van der Waals surface area contributed by atoms with Crippen LogP contribution in [-0.2, 0) is 11.3 Å². The fourth-order valence-electron chi connectivity index (χ4n) is 2.37. The summed E-state index contributed by atoms with van der Waals surface area (Å²) in [6, 6.07) is 5.76. The Morgan fingerprint density at radius 2 is 2.24 bits per heavy atom. The zero-order valence-corrected chi connectivity index (χ0v) is 13.0. The largest absolute Gasteiger partial charge is 0.497 e. The Kier molecular flexibility index (Phi) is 5.44. The minimum Gasteiger partial charge on any atom is -0.497 e. The summed E-state index contributed by atoms with van der Waals surface area (Å²) in [5, 5.41) is 3.36. The Morgan fingerprint density at radius 1 is 1.43 bits per heavy atom. The first-order valence-corrected chi connectivity index (χ1v) is 7.45. The van der Waals surface area contributed by atoms with Crippen LogP contribution in [0.15, 0.2) is 18.2 Å². The van der Waals surface area contributed by atoms with Crippen molar-refractivity contribution in [3.8, 4) is 11.5 Å². The number of carbonyl (C=O) groups excluding carboxylic acids is 1. The maximum Gasteiger partial charge on any atom is 0.263 e. The Labute approximate surface area is 126 Å². The average Bonchev–Trinajstić information content (AvgIpc) is 2.81.